The highest BCUT2D eigenvalue weighted by atomic mass is 16.2. The van der Waals surface area contributed by atoms with Crippen LogP contribution in [-0.4, -0.2) is 72.3 Å². The van der Waals surface area contributed by atoms with E-state index in [2.05, 4.69) is 11.9 Å². The van der Waals surface area contributed by atoms with Crippen LogP contribution in [0.1, 0.15) is 44.9 Å². The van der Waals surface area contributed by atoms with Crippen molar-refractivity contribution in [3.05, 3.63) is 0 Å². The van der Waals surface area contributed by atoms with Crippen LogP contribution in [0.25, 0.3) is 0 Å². The number of nitrogens with zero attached hydrogens (tertiary/aromatic N) is 3. The number of likely N-dealkylation sites (N-methyl/N-ethyl adjacent to an activating group) is 2. The number of likely N-dealkylation sites (tertiary alicyclic amines) is 2. The van der Waals surface area contributed by atoms with Crippen LogP contribution < -0.4 is 0 Å². The molecule has 2 atom stereocenters. The summed E-state index contributed by atoms with van der Waals surface area (Å²) >= 11 is 0. The van der Waals surface area contributed by atoms with Gasteiger partial charge in [-0.25, -0.2) is 0 Å². The highest BCUT2D eigenvalue weighted by Crippen LogP contribution is 2.30. The molecule has 5 heteroatoms. The number of carbonyl (C=O) groups is 2. The molecule has 0 aromatic rings. The van der Waals surface area contributed by atoms with E-state index in [-0.39, 0.29) is 17.7 Å². The van der Waals surface area contributed by atoms with Gasteiger partial charge in [0.05, 0.1) is 5.92 Å². The van der Waals surface area contributed by atoms with E-state index < -0.39 is 0 Å². The van der Waals surface area contributed by atoms with Gasteiger partial charge in [-0.1, -0.05) is 19.3 Å². The Kier molecular flexibility index (Phi) is 4.71. The zero-order chi connectivity index (χ0) is 15.7. The van der Waals surface area contributed by atoms with Gasteiger partial charge in [0.15, 0.2) is 0 Å². The van der Waals surface area contributed by atoms with Crippen molar-refractivity contribution in [1.29, 1.82) is 0 Å². The summed E-state index contributed by atoms with van der Waals surface area (Å²) < 4.78 is 0. The Bertz CT molecular complexity index is 434. The Morgan fingerprint density at radius 1 is 1.14 bits per heavy atom. The number of amides is 2. The lowest BCUT2D eigenvalue weighted by molar-refractivity contribution is -0.136. The third-order valence-electron chi connectivity index (χ3n) is 5.78. The topological polar surface area (TPSA) is 43.9 Å². The van der Waals surface area contributed by atoms with Crippen molar-refractivity contribution >= 4 is 11.8 Å². The third-order valence-corrected chi connectivity index (χ3v) is 5.78. The molecule has 0 radical (unpaired) electrons. The van der Waals surface area contributed by atoms with E-state index in [1.807, 2.05) is 16.8 Å². The van der Waals surface area contributed by atoms with E-state index in [4.69, 9.17) is 0 Å². The van der Waals surface area contributed by atoms with Crippen LogP contribution in [0.3, 0.4) is 0 Å². The van der Waals surface area contributed by atoms with Gasteiger partial charge in [0, 0.05) is 38.6 Å². The number of carbonyl (C=O) groups excluding carboxylic acids is 2. The minimum absolute atomic E-state index is 0.120. The Hall–Kier alpha value is -1.10. The van der Waals surface area contributed by atoms with Crippen LogP contribution in [0.15, 0.2) is 0 Å². The summed E-state index contributed by atoms with van der Waals surface area (Å²) in [5.74, 6) is 0.250. The van der Waals surface area contributed by atoms with Crippen molar-refractivity contribution in [2.24, 2.45) is 5.92 Å². The van der Waals surface area contributed by atoms with Gasteiger partial charge < -0.3 is 14.7 Å². The van der Waals surface area contributed by atoms with Crippen molar-refractivity contribution < 1.29 is 9.59 Å². The highest BCUT2D eigenvalue weighted by Gasteiger charge is 2.40. The minimum Gasteiger partial charge on any atom is -0.341 e. The third kappa shape index (κ3) is 3.14. The van der Waals surface area contributed by atoms with Crippen LogP contribution in [0, 0.1) is 5.92 Å². The SMILES string of the molecule is CN1CCC(N(C)C(=O)C2CC(=O)N(C3CCCCC3)C2)C1. The molecule has 0 spiro atoms. The fraction of sp³-hybridized carbons (Fsp3) is 0.882. The molecule has 0 aromatic carbocycles. The van der Waals surface area contributed by atoms with Crippen molar-refractivity contribution in [1.82, 2.24) is 14.7 Å². The molecule has 3 rings (SSSR count). The summed E-state index contributed by atoms with van der Waals surface area (Å²) in [6.45, 7) is 2.66. The van der Waals surface area contributed by atoms with Crippen molar-refractivity contribution in [2.75, 3.05) is 33.7 Å². The summed E-state index contributed by atoms with van der Waals surface area (Å²) in [5.41, 5.74) is 0. The average Bonchev–Trinajstić information content (AvgIpc) is 3.13. The van der Waals surface area contributed by atoms with Gasteiger partial charge >= 0.3 is 0 Å². The maximum atomic E-state index is 12.7. The molecule has 2 amide bonds. The maximum absolute atomic E-state index is 12.7. The fourth-order valence-corrected chi connectivity index (χ4v) is 4.34. The van der Waals surface area contributed by atoms with E-state index in [0.29, 0.717) is 25.0 Å². The maximum Gasteiger partial charge on any atom is 0.228 e. The lowest BCUT2D eigenvalue weighted by Gasteiger charge is -2.32. The van der Waals surface area contributed by atoms with E-state index in [0.717, 1.165) is 32.4 Å². The fourth-order valence-electron chi connectivity index (χ4n) is 4.34. The molecule has 2 aliphatic heterocycles. The predicted octanol–water partition coefficient (Wildman–Crippen LogP) is 1.33. The van der Waals surface area contributed by atoms with Crippen LogP contribution in [0.2, 0.25) is 0 Å². The summed E-state index contributed by atoms with van der Waals surface area (Å²) in [6.07, 6.45) is 7.45. The van der Waals surface area contributed by atoms with E-state index >= 15 is 0 Å². The molecule has 2 unspecified atom stereocenters. The normalized spacial score (nSPS) is 31.0. The molecule has 3 aliphatic rings. The van der Waals surface area contributed by atoms with Crippen molar-refractivity contribution in [3.8, 4) is 0 Å². The van der Waals surface area contributed by atoms with Crippen LogP contribution >= 0.6 is 0 Å². The smallest absolute Gasteiger partial charge is 0.228 e. The second kappa shape index (κ2) is 6.57. The molecule has 2 heterocycles. The molecule has 22 heavy (non-hydrogen) atoms. The quantitative estimate of drug-likeness (QED) is 0.790. The molecule has 0 bridgehead atoms. The van der Waals surface area contributed by atoms with Crippen LogP contribution in [-0.2, 0) is 9.59 Å². The minimum atomic E-state index is -0.120. The first-order valence-corrected chi connectivity index (χ1v) is 8.81. The van der Waals surface area contributed by atoms with Gasteiger partial charge in [0.2, 0.25) is 11.8 Å². The Labute approximate surface area is 133 Å². The number of hydrogen-bond acceptors (Lipinski definition) is 3. The van der Waals surface area contributed by atoms with E-state index in [1.54, 1.807) is 0 Å². The molecule has 1 saturated carbocycles. The van der Waals surface area contributed by atoms with Crippen molar-refractivity contribution in [2.45, 2.75) is 57.0 Å². The Morgan fingerprint density at radius 2 is 1.86 bits per heavy atom. The van der Waals surface area contributed by atoms with Gasteiger partial charge in [0.25, 0.3) is 0 Å². The van der Waals surface area contributed by atoms with Gasteiger partial charge in [-0.3, -0.25) is 9.59 Å². The largest absolute Gasteiger partial charge is 0.341 e. The highest BCUT2D eigenvalue weighted by molar-refractivity contribution is 5.89. The summed E-state index contributed by atoms with van der Waals surface area (Å²) in [5, 5.41) is 0. The lowest BCUT2D eigenvalue weighted by atomic mass is 9.94. The van der Waals surface area contributed by atoms with Crippen molar-refractivity contribution in [3.63, 3.8) is 0 Å². The van der Waals surface area contributed by atoms with Crippen LogP contribution in [0.4, 0.5) is 0 Å². The molecule has 3 fully saturated rings. The standard InChI is InChI=1S/C17H29N3O2/c1-18-9-8-15(12-18)19(2)17(22)13-10-16(21)20(11-13)14-6-4-3-5-7-14/h13-15H,3-12H2,1-2H3. The average molecular weight is 307 g/mol. The molecule has 0 aromatic heterocycles. The molecule has 0 N–H and O–H groups in total. The number of rotatable bonds is 3. The molecule has 5 nitrogen and oxygen atoms in total. The second-order valence-electron chi connectivity index (χ2n) is 7.39. The summed E-state index contributed by atoms with van der Waals surface area (Å²) in [7, 11) is 4.02. The number of hydrogen-bond donors (Lipinski definition) is 0. The zero-order valence-electron chi connectivity index (χ0n) is 14.0. The first-order chi connectivity index (χ1) is 10.6. The lowest BCUT2D eigenvalue weighted by Crippen LogP contribution is -2.43. The van der Waals surface area contributed by atoms with Crippen LogP contribution in [0.5, 0.6) is 0 Å². The Morgan fingerprint density at radius 3 is 2.50 bits per heavy atom. The summed E-state index contributed by atoms with van der Waals surface area (Å²) in [6, 6.07) is 0.707. The van der Waals surface area contributed by atoms with E-state index in [9.17, 15) is 9.59 Å². The molecule has 124 valence electrons. The van der Waals surface area contributed by atoms with E-state index in [1.165, 1.54) is 19.3 Å². The molecular weight excluding hydrogens is 278 g/mol. The monoisotopic (exact) mass is 307 g/mol. The van der Waals surface area contributed by atoms with Gasteiger partial charge in [-0.15, -0.1) is 0 Å². The Balaban J connectivity index is 1.58. The predicted molar refractivity (Wildman–Crippen MR) is 85.4 cm³/mol. The molecule has 2 saturated heterocycles. The second-order valence-corrected chi connectivity index (χ2v) is 7.39. The molecular formula is C17H29N3O2. The van der Waals surface area contributed by atoms with Gasteiger partial charge in [-0.2, -0.15) is 0 Å². The summed E-state index contributed by atoms with van der Waals surface area (Å²) in [4.78, 5) is 31.3. The molecule has 1 aliphatic carbocycles. The van der Waals surface area contributed by atoms with Gasteiger partial charge in [-0.05, 0) is 32.9 Å². The first-order valence-electron chi connectivity index (χ1n) is 8.81. The zero-order valence-corrected chi connectivity index (χ0v) is 14.0. The first kappa shape index (κ1) is 15.8. The van der Waals surface area contributed by atoms with Gasteiger partial charge in [0.1, 0.15) is 0 Å².